The van der Waals surface area contributed by atoms with Crippen LogP contribution in [0, 0.1) is 13.8 Å². The average molecular weight is 426 g/mol. The number of amides is 2. The molecule has 2 heterocycles. The molecule has 160 valence electrons. The van der Waals surface area contributed by atoms with E-state index in [4.69, 9.17) is 9.47 Å². The van der Waals surface area contributed by atoms with Gasteiger partial charge in [-0.2, -0.15) is 0 Å². The summed E-state index contributed by atoms with van der Waals surface area (Å²) < 4.78 is 10.8. The van der Waals surface area contributed by atoms with Crippen LogP contribution in [-0.2, 0) is 16.1 Å². The van der Waals surface area contributed by atoms with Gasteiger partial charge in [0.15, 0.2) is 11.5 Å². The van der Waals surface area contributed by atoms with Gasteiger partial charge in [-0.1, -0.05) is 42.5 Å². The van der Waals surface area contributed by atoms with E-state index in [1.807, 2.05) is 68.4 Å². The third-order valence-corrected chi connectivity index (χ3v) is 5.78. The normalized spacial score (nSPS) is 15.0. The van der Waals surface area contributed by atoms with Crippen LogP contribution in [0.15, 0.2) is 72.4 Å². The third kappa shape index (κ3) is 3.50. The predicted octanol–water partition coefficient (Wildman–Crippen LogP) is 4.42. The zero-order chi connectivity index (χ0) is 22.2. The lowest BCUT2D eigenvalue weighted by atomic mass is 10.0. The van der Waals surface area contributed by atoms with Gasteiger partial charge in [-0.05, 0) is 60.4 Å². The van der Waals surface area contributed by atoms with E-state index in [0.717, 1.165) is 22.4 Å². The van der Waals surface area contributed by atoms with Gasteiger partial charge in [0.1, 0.15) is 5.70 Å². The minimum absolute atomic E-state index is 0.142. The molecule has 6 heteroatoms. The molecule has 6 nitrogen and oxygen atoms in total. The van der Waals surface area contributed by atoms with E-state index in [9.17, 15) is 9.59 Å². The Kier molecular flexibility index (Phi) is 4.90. The van der Waals surface area contributed by atoms with Gasteiger partial charge in [0.05, 0.1) is 12.1 Å². The number of hydrogen-bond acceptors (Lipinski definition) is 5. The third-order valence-electron chi connectivity index (χ3n) is 5.78. The summed E-state index contributed by atoms with van der Waals surface area (Å²) in [5, 5.41) is 3.22. The lowest BCUT2D eigenvalue weighted by Crippen LogP contribution is -2.32. The average Bonchev–Trinajstić information content (AvgIpc) is 3.35. The second-order valence-corrected chi connectivity index (χ2v) is 7.92. The summed E-state index contributed by atoms with van der Waals surface area (Å²) in [6, 6.07) is 20.6. The van der Waals surface area contributed by atoms with Crippen LogP contribution in [0.3, 0.4) is 0 Å². The minimum atomic E-state index is -0.357. The van der Waals surface area contributed by atoms with Crippen LogP contribution in [0.4, 0.5) is 5.69 Å². The highest BCUT2D eigenvalue weighted by atomic mass is 16.7. The Hall–Kier alpha value is -4.06. The summed E-state index contributed by atoms with van der Waals surface area (Å²) in [5.41, 5.74) is 5.17. The first kappa shape index (κ1) is 19.9. The van der Waals surface area contributed by atoms with E-state index < -0.39 is 0 Å². The van der Waals surface area contributed by atoms with E-state index >= 15 is 0 Å². The lowest BCUT2D eigenvalue weighted by molar-refractivity contribution is -0.137. The number of anilines is 1. The van der Waals surface area contributed by atoms with Crippen molar-refractivity contribution in [2.75, 3.05) is 12.1 Å². The van der Waals surface area contributed by atoms with Gasteiger partial charge in [0.25, 0.3) is 11.8 Å². The first-order valence-corrected chi connectivity index (χ1v) is 10.4. The molecular formula is C26H22N2O4. The zero-order valence-electron chi connectivity index (χ0n) is 17.8. The summed E-state index contributed by atoms with van der Waals surface area (Å²) in [6.45, 7) is 4.36. The van der Waals surface area contributed by atoms with Gasteiger partial charge in [-0.3, -0.25) is 14.5 Å². The van der Waals surface area contributed by atoms with Crippen molar-refractivity contribution >= 4 is 23.1 Å². The van der Waals surface area contributed by atoms with Crippen LogP contribution in [-0.4, -0.2) is 23.5 Å². The van der Waals surface area contributed by atoms with Crippen molar-refractivity contribution in [3.63, 3.8) is 0 Å². The molecule has 0 saturated heterocycles. The van der Waals surface area contributed by atoms with Gasteiger partial charge in [-0.25, -0.2) is 0 Å². The van der Waals surface area contributed by atoms with Gasteiger partial charge >= 0.3 is 0 Å². The maximum atomic E-state index is 13.4. The molecule has 0 bridgehead atoms. The number of nitrogens with one attached hydrogen (secondary N) is 1. The molecule has 2 aliphatic rings. The molecule has 0 saturated carbocycles. The molecule has 0 spiro atoms. The Morgan fingerprint density at radius 3 is 2.41 bits per heavy atom. The monoisotopic (exact) mass is 426 g/mol. The second kappa shape index (κ2) is 7.89. The molecule has 0 fully saturated rings. The van der Waals surface area contributed by atoms with Crippen LogP contribution in [0.25, 0.3) is 5.57 Å². The zero-order valence-corrected chi connectivity index (χ0v) is 17.8. The first-order valence-electron chi connectivity index (χ1n) is 10.4. The number of carbonyl (C=O) groups is 2. The fraction of sp³-hybridized carbons (Fsp3) is 0.154. The minimum Gasteiger partial charge on any atom is -0.454 e. The molecule has 5 rings (SSSR count). The number of imide groups is 1. The Bertz CT molecular complexity index is 1260. The summed E-state index contributed by atoms with van der Waals surface area (Å²) in [5.74, 6) is 0.592. The Labute approximate surface area is 186 Å². The largest absolute Gasteiger partial charge is 0.454 e. The van der Waals surface area contributed by atoms with Gasteiger partial charge in [-0.15, -0.1) is 0 Å². The highest BCUT2D eigenvalue weighted by Crippen LogP contribution is 2.35. The lowest BCUT2D eigenvalue weighted by Gasteiger charge is -2.16. The SMILES string of the molecule is Cc1ccc(NC2=C(c3ccccc3)C(=O)N(Cc3ccc4c(c3)OCO4)C2=O)cc1C. The van der Waals surface area contributed by atoms with E-state index in [1.165, 1.54) is 4.90 Å². The quantitative estimate of drug-likeness (QED) is 0.612. The summed E-state index contributed by atoms with van der Waals surface area (Å²) in [7, 11) is 0. The van der Waals surface area contributed by atoms with Crippen LogP contribution in [0.5, 0.6) is 11.5 Å². The molecular weight excluding hydrogens is 404 g/mol. The van der Waals surface area contributed by atoms with E-state index in [1.54, 1.807) is 12.1 Å². The number of aryl methyl sites for hydroxylation is 2. The number of carbonyl (C=O) groups excluding carboxylic acids is 2. The summed E-state index contributed by atoms with van der Waals surface area (Å²) in [4.78, 5) is 28.1. The molecule has 2 aliphatic heterocycles. The molecule has 0 atom stereocenters. The van der Waals surface area contributed by atoms with Crippen molar-refractivity contribution in [2.24, 2.45) is 0 Å². The standard InChI is InChI=1S/C26H22N2O4/c1-16-8-10-20(12-17(16)2)27-24-23(19-6-4-3-5-7-19)25(29)28(26(24)30)14-18-9-11-21-22(13-18)32-15-31-21/h3-13,27H,14-15H2,1-2H3. The predicted molar refractivity (Wildman–Crippen MR) is 121 cm³/mol. The van der Waals surface area contributed by atoms with Gasteiger partial charge < -0.3 is 14.8 Å². The Balaban J connectivity index is 1.50. The van der Waals surface area contributed by atoms with E-state index in [0.29, 0.717) is 22.6 Å². The molecule has 0 aromatic heterocycles. The Morgan fingerprint density at radius 1 is 0.844 bits per heavy atom. The van der Waals surface area contributed by atoms with Crippen molar-refractivity contribution < 1.29 is 19.1 Å². The maximum Gasteiger partial charge on any atom is 0.278 e. The van der Waals surface area contributed by atoms with Crippen molar-refractivity contribution in [1.82, 2.24) is 4.90 Å². The fourth-order valence-electron chi connectivity index (χ4n) is 3.89. The van der Waals surface area contributed by atoms with Gasteiger partial charge in [0.2, 0.25) is 6.79 Å². The fourth-order valence-corrected chi connectivity index (χ4v) is 3.89. The van der Waals surface area contributed by atoms with Crippen LogP contribution in [0.2, 0.25) is 0 Å². The number of benzene rings is 3. The molecule has 3 aromatic rings. The first-order chi connectivity index (χ1) is 15.5. The summed E-state index contributed by atoms with van der Waals surface area (Å²) >= 11 is 0. The molecule has 0 radical (unpaired) electrons. The van der Waals surface area contributed by atoms with Crippen LogP contribution >= 0.6 is 0 Å². The highest BCUT2D eigenvalue weighted by Gasteiger charge is 2.39. The van der Waals surface area contributed by atoms with Crippen molar-refractivity contribution in [3.8, 4) is 11.5 Å². The molecule has 2 amide bonds. The summed E-state index contributed by atoms with van der Waals surface area (Å²) in [6.07, 6.45) is 0. The van der Waals surface area contributed by atoms with Crippen molar-refractivity contribution in [1.29, 1.82) is 0 Å². The second-order valence-electron chi connectivity index (χ2n) is 7.92. The van der Waals surface area contributed by atoms with E-state index in [-0.39, 0.29) is 30.8 Å². The molecule has 1 N–H and O–H groups in total. The molecule has 0 unspecified atom stereocenters. The van der Waals surface area contributed by atoms with E-state index in [2.05, 4.69) is 5.32 Å². The highest BCUT2D eigenvalue weighted by molar-refractivity contribution is 6.36. The number of rotatable bonds is 5. The van der Waals surface area contributed by atoms with Crippen LogP contribution < -0.4 is 14.8 Å². The Morgan fingerprint density at radius 2 is 1.62 bits per heavy atom. The number of ether oxygens (including phenoxy) is 2. The van der Waals surface area contributed by atoms with Crippen molar-refractivity contribution in [3.05, 3.63) is 94.7 Å². The number of nitrogens with zero attached hydrogens (tertiary/aromatic N) is 1. The molecule has 32 heavy (non-hydrogen) atoms. The number of fused-ring (bicyclic) bond motifs is 1. The maximum absolute atomic E-state index is 13.4. The topological polar surface area (TPSA) is 67.9 Å². The molecule has 3 aromatic carbocycles. The van der Waals surface area contributed by atoms with Crippen LogP contribution in [0.1, 0.15) is 22.3 Å². The van der Waals surface area contributed by atoms with Crippen molar-refractivity contribution in [2.45, 2.75) is 20.4 Å². The smallest absolute Gasteiger partial charge is 0.278 e. The van der Waals surface area contributed by atoms with Gasteiger partial charge in [0, 0.05) is 5.69 Å². The molecule has 0 aliphatic carbocycles. The number of hydrogen-bond donors (Lipinski definition) is 1.